The Morgan fingerprint density at radius 3 is 2.52 bits per heavy atom. The third-order valence-corrected chi connectivity index (χ3v) is 7.20. The smallest absolute Gasteiger partial charge is 0.272 e. The third kappa shape index (κ3) is 4.40. The van der Waals surface area contributed by atoms with Crippen molar-refractivity contribution in [3.8, 4) is 11.3 Å². The van der Waals surface area contributed by atoms with Crippen LogP contribution in [0.5, 0.6) is 0 Å². The molecule has 1 atom stereocenters. The lowest BCUT2D eigenvalue weighted by Crippen LogP contribution is -2.34. The molecule has 3 aromatic rings. The number of halogens is 3. The van der Waals surface area contributed by atoms with Crippen LogP contribution in [0.3, 0.4) is 0 Å². The molecule has 174 valence electrons. The number of hydrogen-bond acceptors (Lipinski definition) is 4. The van der Waals surface area contributed by atoms with Crippen LogP contribution in [0, 0.1) is 17.5 Å². The molecule has 10 heteroatoms. The van der Waals surface area contributed by atoms with Crippen molar-refractivity contribution in [1.29, 1.82) is 0 Å². The van der Waals surface area contributed by atoms with E-state index in [-0.39, 0.29) is 11.6 Å². The van der Waals surface area contributed by atoms with Gasteiger partial charge in [-0.15, -0.1) is 0 Å². The lowest BCUT2D eigenvalue weighted by molar-refractivity contribution is 0.209. The first-order valence-electron chi connectivity index (χ1n) is 10.3. The van der Waals surface area contributed by atoms with E-state index >= 15 is 4.39 Å². The summed E-state index contributed by atoms with van der Waals surface area (Å²) in [6.45, 7) is -0.655. The number of aromatic nitrogens is 2. The largest absolute Gasteiger partial charge is 0.363 e. The molecule has 0 spiro atoms. The second-order valence-corrected chi connectivity index (χ2v) is 9.37. The lowest BCUT2D eigenvalue weighted by Gasteiger charge is -2.25. The zero-order valence-corrected chi connectivity index (χ0v) is 18.6. The highest BCUT2D eigenvalue weighted by Crippen LogP contribution is 2.34. The van der Waals surface area contributed by atoms with Crippen LogP contribution in [0.15, 0.2) is 65.7 Å². The van der Waals surface area contributed by atoms with E-state index in [0.717, 1.165) is 37.5 Å². The molecule has 4 rings (SSSR count). The number of anilines is 1. The second kappa shape index (κ2) is 9.40. The highest BCUT2D eigenvalue weighted by molar-refractivity contribution is 7.92. The summed E-state index contributed by atoms with van der Waals surface area (Å²) in [5, 5.41) is 4.47. The molecule has 0 N–H and O–H groups in total. The quantitative estimate of drug-likeness (QED) is 0.353. The SMILES string of the molecule is COCN(c1cccc(-c2ccn(C3C=CCCC3)n2)c1F)S(=O)(=O)c1c(F)cccc1F. The number of hydrogen-bond donors (Lipinski definition) is 0. The molecule has 1 aliphatic carbocycles. The molecule has 6 nitrogen and oxygen atoms in total. The zero-order chi connectivity index (χ0) is 23.6. The second-order valence-electron chi connectivity index (χ2n) is 7.57. The molecule has 2 aromatic carbocycles. The van der Waals surface area contributed by atoms with Gasteiger partial charge in [0.1, 0.15) is 18.4 Å². The maximum Gasteiger partial charge on any atom is 0.272 e. The summed E-state index contributed by atoms with van der Waals surface area (Å²) in [6, 6.07) is 8.50. The minimum absolute atomic E-state index is 0.0522. The highest BCUT2D eigenvalue weighted by Gasteiger charge is 2.33. The van der Waals surface area contributed by atoms with Crippen molar-refractivity contribution in [2.24, 2.45) is 0 Å². The van der Waals surface area contributed by atoms with E-state index in [9.17, 15) is 17.2 Å². The Bertz CT molecular complexity index is 1270. The van der Waals surface area contributed by atoms with Crippen LogP contribution in [0.25, 0.3) is 11.3 Å². The Kier molecular flexibility index (Phi) is 6.57. The van der Waals surface area contributed by atoms with Crippen molar-refractivity contribution in [2.45, 2.75) is 30.2 Å². The molecule has 0 fully saturated rings. The van der Waals surface area contributed by atoms with Crippen LogP contribution >= 0.6 is 0 Å². The molecule has 1 aromatic heterocycles. The standard InChI is InChI=1S/C23H22F3N3O3S/c1-32-15-29(33(30,31)23-18(24)10-6-11-19(23)25)21-12-5-9-17(22(21)26)20-13-14-28(27-20)16-7-3-2-4-8-16/h3,5-7,9-14,16H,2,4,8,15H2,1H3. The van der Waals surface area contributed by atoms with E-state index in [1.54, 1.807) is 16.9 Å². The third-order valence-electron chi connectivity index (χ3n) is 5.41. The van der Waals surface area contributed by atoms with Gasteiger partial charge in [-0.1, -0.05) is 24.3 Å². The Labute approximate surface area is 190 Å². The molecule has 0 radical (unpaired) electrons. The monoisotopic (exact) mass is 477 g/mol. The molecule has 1 aliphatic rings. The molecular formula is C23H22F3N3O3S. The van der Waals surface area contributed by atoms with Gasteiger partial charge in [0, 0.05) is 18.9 Å². The minimum Gasteiger partial charge on any atom is -0.363 e. The van der Waals surface area contributed by atoms with Crippen LogP contribution in [0.2, 0.25) is 0 Å². The van der Waals surface area contributed by atoms with Crippen LogP contribution in [0.4, 0.5) is 18.9 Å². The molecule has 0 bridgehead atoms. The Morgan fingerprint density at radius 1 is 1.12 bits per heavy atom. The van der Waals surface area contributed by atoms with Crippen molar-refractivity contribution in [2.75, 3.05) is 18.1 Å². The molecule has 0 amide bonds. The average molecular weight is 478 g/mol. The topological polar surface area (TPSA) is 64.4 Å². The number of allylic oxidation sites excluding steroid dienone is 2. The minimum atomic E-state index is -4.83. The van der Waals surface area contributed by atoms with E-state index < -0.39 is 44.8 Å². The summed E-state index contributed by atoms with van der Waals surface area (Å²) >= 11 is 0. The van der Waals surface area contributed by atoms with Crippen molar-refractivity contribution >= 4 is 15.7 Å². The predicted octanol–water partition coefficient (Wildman–Crippen LogP) is 5.05. The molecule has 0 saturated carbocycles. The predicted molar refractivity (Wildman–Crippen MR) is 118 cm³/mol. The summed E-state index contributed by atoms with van der Waals surface area (Å²) < 4.78 is 77.7. The van der Waals surface area contributed by atoms with Crippen molar-refractivity contribution in [3.05, 3.63) is 78.3 Å². The van der Waals surface area contributed by atoms with Gasteiger partial charge in [-0.25, -0.2) is 25.9 Å². The molecule has 0 aliphatic heterocycles. The van der Waals surface area contributed by atoms with Gasteiger partial charge in [-0.3, -0.25) is 4.68 Å². The number of benzene rings is 2. The van der Waals surface area contributed by atoms with E-state index in [0.29, 0.717) is 10.00 Å². The van der Waals surface area contributed by atoms with Gasteiger partial charge in [0.25, 0.3) is 10.0 Å². The fraction of sp³-hybridized carbons (Fsp3) is 0.261. The van der Waals surface area contributed by atoms with Crippen molar-refractivity contribution in [1.82, 2.24) is 9.78 Å². The summed E-state index contributed by atoms with van der Waals surface area (Å²) in [5.41, 5.74) is -0.0550. The number of sulfonamides is 1. The van der Waals surface area contributed by atoms with Crippen LogP contribution in [-0.2, 0) is 14.8 Å². The molecule has 1 heterocycles. The van der Waals surface area contributed by atoms with Gasteiger partial charge in [0.05, 0.1) is 17.4 Å². The van der Waals surface area contributed by atoms with Crippen LogP contribution in [-0.4, -0.2) is 32.0 Å². The lowest BCUT2D eigenvalue weighted by atomic mass is 10.0. The maximum absolute atomic E-state index is 15.6. The number of methoxy groups -OCH3 is 1. The van der Waals surface area contributed by atoms with E-state index in [1.807, 2.05) is 6.08 Å². The van der Waals surface area contributed by atoms with Crippen LogP contribution < -0.4 is 4.31 Å². The fourth-order valence-electron chi connectivity index (χ4n) is 3.82. The summed E-state index contributed by atoms with van der Waals surface area (Å²) in [7, 11) is -3.63. The number of ether oxygens (including phenoxy) is 1. The normalized spacial score (nSPS) is 16.2. The zero-order valence-electron chi connectivity index (χ0n) is 17.8. The molecular weight excluding hydrogens is 455 g/mol. The fourth-order valence-corrected chi connectivity index (χ4v) is 5.31. The van der Waals surface area contributed by atoms with E-state index in [2.05, 4.69) is 11.2 Å². The first kappa shape index (κ1) is 23.1. The first-order chi connectivity index (χ1) is 15.8. The summed E-state index contributed by atoms with van der Waals surface area (Å²) in [6.07, 6.45) is 8.80. The Hall–Kier alpha value is -3.11. The average Bonchev–Trinajstić information content (AvgIpc) is 3.28. The van der Waals surface area contributed by atoms with Gasteiger partial charge in [-0.05, 0) is 49.6 Å². The summed E-state index contributed by atoms with van der Waals surface area (Å²) in [4.78, 5) is -1.18. The molecule has 0 saturated heterocycles. The molecule has 33 heavy (non-hydrogen) atoms. The van der Waals surface area contributed by atoms with Gasteiger partial charge in [0.2, 0.25) is 0 Å². The van der Waals surface area contributed by atoms with E-state index in [1.165, 1.54) is 25.3 Å². The summed E-state index contributed by atoms with van der Waals surface area (Å²) in [5.74, 6) is -3.47. The van der Waals surface area contributed by atoms with Crippen molar-refractivity contribution < 1.29 is 26.3 Å². The van der Waals surface area contributed by atoms with Gasteiger partial charge < -0.3 is 4.74 Å². The van der Waals surface area contributed by atoms with Gasteiger partial charge in [0.15, 0.2) is 10.7 Å². The number of nitrogens with zero attached hydrogens (tertiary/aromatic N) is 3. The van der Waals surface area contributed by atoms with E-state index in [4.69, 9.17) is 4.74 Å². The van der Waals surface area contributed by atoms with Crippen molar-refractivity contribution in [3.63, 3.8) is 0 Å². The van der Waals surface area contributed by atoms with Crippen LogP contribution in [0.1, 0.15) is 25.3 Å². The maximum atomic E-state index is 15.6. The molecule has 1 unspecified atom stereocenters. The van der Waals surface area contributed by atoms with Gasteiger partial charge >= 0.3 is 0 Å². The number of rotatable bonds is 7. The first-order valence-corrected chi connectivity index (χ1v) is 11.7. The van der Waals surface area contributed by atoms with Gasteiger partial charge in [-0.2, -0.15) is 5.10 Å². The Morgan fingerprint density at radius 2 is 1.85 bits per heavy atom. The Balaban J connectivity index is 1.77. The highest BCUT2D eigenvalue weighted by atomic mass is 32.2.